The van der Waals surface area contributed by atoms with E-state index in [4.69, 9.17) is 0 Å². The molecule has 0 bridgehead atoms. The Balaban J connectivity index is 1.72. The van der Waals surface area contributed by atoms with Crippen molar-refractivity contribution in [1.82, 2.24) is 15.5 Å². The van der Waals surface area contributed by atoms with Crippen molar-refractivity contribution in [3.05, 3.63) is 71.8 Å². The smallest absolute Gasteiger partial charge is 0.325 e. The van der Waals surface area contributed by atoms with Gasteiger partial charge < -0.3 is 10.6 Å². The van der Waals surface area contributed by atoms with Gasteiger partial charge in [-0.05, 0) is 17.5 Å². The number of nitrogens with one attached hydrogen (secondary N) is 2. The molecule has 2 aromatic carbocycles. The minimum absolute atomic E-state index is 0.296. The summed E-state index contributed by atoms with van der Waals surface area (Å²) in [6, 6.07) is 18.1. The number of rotatable bonds is 7. The van der Waals surface area contributed by atoms with Crippen LogP contribution in [0.1, 0.15) is 30.9 Å². The standard InChI is InChI=1S/C21H23N3O3/c1-2-13-21(17-11-7-4-8-12-17)19(26)24(20(27)23-21)15-18(25)22-14-16-9-5-3-6-10-16/h3-12H,2,13-15H2,1H3,(H,22,25)(H,23,27)/t21-/m1/s1. The Hall–Kier alpha value is -3.15. The van der Waals surface area contributed by atoms with Crippen molar-refractivity contribution in [2.75, 3.05) is 6.54 Å². The van der Waals surface area contributed by atoms with Crippen LogP contribution in [0.15, 0.2) is 60.7 Å². The molecule has 0 aliphatic carbocycles. The quantitative estimate of drug-likeness (QED) is 0.740. The van der Waals surface area contributed by atoms with E-state index >= 15 is 0 Å². The minimum Gasteiger partial charge on any atom is -0.350 e. The molecule has 1 fully saturated rings. The molecule has 1 aliphatic heterocycles. The fourth-order valence-corrected chi connectivity index (χ4v) is 3.37. The molecule has 2 N–H and O–H groups in total. The number of benzene rings is 2. The zero-order valence-corrected chi connectivity index (χ0v) is 15.3. The van der Waals surface area contributed by atoms with E-state index < -0.39 is 11.6 Å². The molecule has 1 aliphatic rings. The van der Waals surface area contributed by atoms with Crippen molar-refractivity contribution in [1.29, 1.82) is 0 Å². The van der Waals surface area contributed by atoms with E-state index in [1.54, 1.807) is 0 Å². The Morgan fingerprint density at radius 2 is 1.67 bits per heavy atom. The van der Waals surface area contributed by atoms with E-state index in [1.165, 1.54) is 0 Å². The Kier molecular flexibility index (Phi) is 5.54. The largest absolute Gasteiger partial charge is 0.350 e. The van der Waals surface area contributed by atoms with E-state index in [9.17, 15) is 14.4 Å². The van der Waals surface area contributed by atoms with Crippen LogP contribution in [0.3, 0.4) is 0 Å². The van der Waals surface area contributed by atoms with Crippen molar-refractivity contribution < 1.29 is 14.4 Å². The third-order valence-electron chi connectivity index (χ3n) is 4.70. The molecule has 1 heterocycles. The third kappa shape index (κ3) is 3.84. The van der Waals surface area contributed by atoms with Gasteiger partial charge >= 0.3 is 6.03 Å². The fourth-order valence-electron chi connectivity index (χ4n) is 3.37. The highest BCUT2D eigenvalue weighted by molar-refractivity contribution is 6.09. The lowest BCUT2D eigenvalue weighted by Crippen LogP contribution is -2.45. The molecule has 3 rings (SSSR count). The molecule has 1 atom stereocenters. The van der Waals surface area contributed by atoms with Gasteiger partial charge in [0.25, 0.3) is 5.91 Å². The second-order valence-electron chi connectivity index (χ2n) is 6.61. The molecular formula is C21H23N3O3. The molecule has 0 unspecified atom stereocenters. The Morgan fingerprint density at radius 3 is 2.30 bits per heavy atom. The van der Waals surface area contributed by atoms with Crippen LogP contribution in [0.5, 0.6) is 0 Å². The Morgan fingerprint density at radius 1 is 1.04 bits per heavy atom. The fraction of sp³-hybridized carbons (Fsp3) is 0.286. The minimum atomic E-state index is -1.10. The summed E-state index contributed by atoms with van der Waals surface area (Å²) in [5.41, 5.74) is 0.581. The first-order valence-corrected chi connectivity index (χ1v) is 9.07. The van der Waals surface area contributed by atoms with Gasteiger partial charge in [-0.2, -0.15) is 0 Å². The first-order valence-electron chi connectivity index (χ1n) is 9.07. The SMILES string of the molecule is CCC[C@]1(c2ccccc2)NC(=O)N(CC(=O)NCc2ccccc2)C1=O. The van der Waals surface area contributed by atoms with Crippen LogP contribution in [0.25, 0.3) is 0 Å². The van der Waals surface area contributed by atoms with Crippen LogP contribution in [0.2, 0.25) is 0 Å². The molecular weight excluding hydrogens is 342 g/mol. The van der Waals surface area contributed by atoms with Gasteiger partial charge in [-0.3, -0.25) is 14.5 Å². The highest BCUT2D eigenvalue weighted by Gasteiger charge is 2.52. The number of nitrogens with zero attached hydrogens (tertiary/aromatic N) is 1. The molecule has 6 nitrogen and oxygen atoms in total. The van der Waals surface area contributed by atoms with Gasteiger partial charge in [0.15, 0.2) is 0 Å². The number of carbonyl (C=O) groups is 3. The Bertz CT molecular complexity index is 823. The van der Waals surface area contributed by atoms with Crippen molar-refractivity contribution in [2.24, 2.45) is 0 Å². The molecule has 2 aromatic rings. The van der Waals surface area contributed by atoms with Crippen LogP contribution in [0.4, 0.5) is 4.79 Å². The van der Waals surface area contributed by atoms with Crippen LogP contribution in [0, 0.1) is 0 Å². The summed E-state index contributed by atoms with van der Waals surface area (Å²) in [6.07, 6.45) is 1.19. The van der Waals surface area contributed by atoms with Crippen molar-refractivity contribution >= 4 is 17.8 Å². The summed E-state index contributed by atoms with van der Waals surface area (Å²) < 4.78 is 0. The summed E-state index contributed by atoms with van der Waals surface area (Å²) >= 11 is 0. The zero-order chi connectivity index (χ0) is 19.3. The highest BCUT2D eigenvalue weighted by atomic mass is 16.2. The predicted octanol–water partition coefficient (Wildman–Crippen LogP) is 2.55. The molecule has 140 valence electrons. The normalized spacial score (nSPS) is 19.1. The molecule has 6 heteroatoms. The Labute approximate surface area is 158 Å². The summed E-state index contributed by atoms with van der Waals surface area (Å²) in [5.74, 6) is -0.752. The third-order valence-corrected chi connectivity index (χ3v) is 4.70. The number of amides is 4. The van der Waals surface area contributed by atoms with Gasteiger partial charge in [0, 0.05) is 6.54 Å². The van der Waals surface area contributed by atoms with Crippen LogP contribution < -0.4 is 10.6 Å². The first-order chi connectivity index (χ1) is 13.1. The van der Waals surface area contributed by atoms with Crippen molar-refractivity contribution in [2.45, 2.75) is 31.8 Å². The molecule has 4 amide bonds. The topological polar surface area (TPSA) is 78.5 Å². The van der Waals surface area contributed by atoms with Gasteiger partial charge in [-0.25, -0.2) is 4.79 Å². The number of urea groups is 1. The average molecular weight is 365 g/mol. The number of imide groups is 1. The maximum absolute atomic E-state index is 13.1. The second kappa shape index (κ2) is 8.03. The lowest BCUT2D eigenvalue weighted by Gasteiger charge is -2.26. The molecule has 0 spiro atoms. The number of hydrogen-bond acceptors (Lipinski definition) is 3. The maximum atomic E-state index is 13.1. The van der Waals surface area contributed by atoms with Crippen molar-refractivity contribution in [3.8, 4) is 0 Å². The van der Waals surface area contributed by atoms with Gasteiger partial charge in [0.2, 0.25) is 5.91 Å². The second-order valence-corrected chi connectivity index (χ2v) is 6.61. The zero-order valence-electron chi connectivity index (χ0n) is 15.3. The van der Waals surface area contributed by atoms with Crippen LogP contribution in [-0.2, 0) is 21.7 Å². The molecule has 27 heavy (non-hydrogen) atoms. The lowest BCUT2D eigenvalue weighted by atomic mass is 9.85. The van der Waals surface area contributed by atoms with Gasteiger partial charge in [0.05, 0.1) is 0 Å². The predicted molar refractivity (Wildman–Crippen MR) is 102 cm³/mol. The van der Waals surface area contributed by atoms with E-state index in [0.29, 0.717) is 13.0 Å². The summed E-state index contributed by atoms with van der Waals surface area (Å²) in [5, 5.41) is 5.57. The summed E-state index contributed by atoms with van der Waals surface area (Å²) in [7, 11) is 0. The number of carbonyl (C=O) groups excluding carboxylic acids is 3. The highest BCUT2D eigenvalue weighted by Crippen LogP contribution is 2.33. The summed E-state index contributed by atoms with van der Waals surface area (Å²) in [6.45, 7) is 2.01. The van der Waals surface area contributed by atoms with Crippen LogP contribution in [-0.4, -0.2) is 29.3 Å². The number of hydrogen-bond donors (Lipinski definition) is 2. The summed E-state index contributed by atoms with van der Waals surface area (Å²) in [4.78, 5) is 38.9. The molecule has 0 saturated carbocycles. The monoisotopic (exact) mass is 365 g/mol. The molecule has 1 saturated heterocycles. The van der Waals surface area contributed by atoms with E-state index in [2.05, 4.69) is 10.6 Å². The van der Waals surface area contributed by atoms with Crippen molar-refractivity contribution in [3.63, 3.8) is 0 Å². The maximum Gasteiger partial charge on any atom is 0.325 e. The van der Waals surface area contributed by atoms with Crippen LogP contribution >= 0.6 is 0 Å². The molecule has 0 radical (unpaired) electrons. The first kappa shape index (κ1) is 18.6. The average Bonchev–Trinajstić information content (AvgIpc) is 2.93. The van der Waals surface area contributed by atoms with E-state index in [1.807, 2.05) is 67.6 Å². The van der Waals surface area contributed by atoms with Gasteiger partial charge in [0.1, 0.15) is 12.1 Å². The molecule has 0 aromatic heterocycles. The van der Waals surface area contributed by atoms with E-state index in [0.717, 1.165) is 22.4 Å². The van der Waals surface area contributed by atoms with E-state index in [-0.39, 0.29) is 18.4 Å². The van der Waals surface area contributed by atoms with Gasteiger partial charge in [-0.1, -0.05) is 74.0 Å². The van der Waals surface area contributed by atoms with Gasteiger partial charge in [-0.15, -0.1) is 0 Å². The lowest BCUT2D eigenvalue weighted by molar-refractivity contribution is -0.135.